The standard InChI is InChI=1S/C15H18N4O3/c1-3-8-19-15(21)11(14(20)17-16)9-12(18-19)10-6-4-5-7-13(10)22-2/h4-7,9H,3,8,16H2,1-2H3,(H,17,20). The van der Waals surface area contributed by atoms with Crippen LogP contribution < -0.4 is 21.6 Å². The van der Waals surface area contributed by atoms with Crippen molar-refractivity contribution in [1.29, 1.82) is 0 Å². The van der Waals surface area contributed by atoms with Gasteiger partial charge in [0, 0.05) is 12.1 Å². The van der Waals surface area contributed by atoms with Gasteiger partial charge in [0.2, 0.25) is 0 Å². The van der Waals surface area contributed by atoms with Crippen molar-refractivity contribution in [2.45, 2.75) is 19.9 Å². The van der Waals surface area contributed by atoms with Gasteiger partial charge < -0.3 is 4.74 Å². The second kappa shape index (κ2) is 6.86. The maximum atomic E-state index is 12.3. The van der Waals surface area contributed by atoms with Crippen LogP contribution in [0, 0.1) is 0 Å². The topological polar surface area (TPSA) is 99.2 Å². The number of methoxy groups -OCH3 is 1. The van der Waals surface area contributed by atoms with Crippen molar-refractivity contribution in [2.24, 2.45) is 5.84 Å². The third kappa shape index (κ3) is 2.99. The number of aromatic nitrogens is 2. The van der Waals surface area contributed by atoms with Crippen LogP contribution in [0.2, 0.25) is 0 Å². The average Bonchev–Trinajstić information content (AvgIpc) is 2.56. The van der Waals surface area contributed by atoms with Crippen molar-refractivity contribution < 1.29 is 9.53 Å². The predicted octanol–water partition coefficient (Wildman–Crippen LogP) is 0.932. The normalized spacial score (nSPS) is 10.3. The van der Waals surface area contributed by atoms with Crippen LogP contribution >= 0.6 is 0 Å². The Bertz CT molecular complexity index is 740. The van der Waals surface area contributed by atoms with Gasteiger partial charge in [-0.15, -0.1) is 0 Å². The van der Waals surface area contributed by atoms with Crippen molar-refractivity contribution in [3.05, 3.63) is 46.2 Å². The molecule has 116 valence electrons. The van der Waals surface area contributed by atoms with Crippen LogP contribution in [-0.4, -0.2) is 22.8 Å². The van der Waals surface area contributed by atoms with Crippen LogP contribution in [-0.2, 0) is 6.54 Å². The number of benzene rings is 1. The fraction of sp³-hybridized carbons (Fsp3) is 0.267. The first-order valence-electron chi connectivity index (χ1n) is 6.88. The Kier molecular flexibility index (Phi) is 4.90. The fourth-order valence-corrected chi connectivity index (χ4v) is 2.13. The number of hydrogen-bond acceptors (Lipinski definition) is 5. The predicted molar refractivity (Wildman–Crippen MR) is 82.4 cm³/mol. The summed E-state index contributed by atoms with van der Waals surface area (Å²) in [5.74, 6) is 5.11. The van der Waals surface area contributed by atoms with Crippen molar-refractivity contribution in [1.82, 2.24) is 15.2 Å². The highest BCUT2D eigenvalue weighted by Crippen LogP contribution is 2.27. The molecule has 1 aromatic carbocycles. The Labute approximate surface area is 127 Å². The number of hydrogen-bond donors (Lipinski definition) is 2. The van der Waals surface area contributed by atoms with E-state index in [1.54, 1.807) is 13.2 Å². The van der Waals surface area contributed by atoms with Crippen LogP contribution in [0.1, 0.15) is 23.7 Å². The van der Waals surface area contributed by atoms with E-state index in [4.69, 9.17) is 10.6 Å². The zero-order chi connectivity index (χ0) is 16.1. The zero-order valence-electron chi connectivity index (χ0n) is 12.5. The molecule has 0 fully saturated rings. The molecule has 1 amide bonds. The molecule has 0 aliphatic heterocycles. The zero-order valence-corrected chi connectivity index (χ0v) is 12.5. The number of carbonyl (C=O) groups is 1. The number of para-hydroxylation sites is 1. The summed E-state index contributed by atoms with van der Waals surface area (Å²) in [7, 11) is 1.55. The van der Waals surface area contributed by atoms with E-state index in [1.165, 1.54) is 10.7 Å². The van der Waals surface area contributed by atoms with E-state index >= 15 is 0 Å². The third-order valence-electron chi connectivity index (χ3n) is 3.17. The number of amides is 1. The lowest BCUT2D eigenvalue weighted by molar-refractivity contribution is 0.0951. The highest BCUT2D eigenvalue weighted by molar-refractivity contribution is 5.94. The van der Waals surface area contributed by atoms with E-state index in [-0.39, 0.29) is 5.56 Å². The van der Waals surface area contributed by atoms with E-state index in [9.17, 15) is 9.59 Å². The fourth-order valence-electron chi connectivity index (χ4n) is 2.13. The van der Waals surface area contributed by atoms with Crippen LogP contribution in [0.25, 0.3) is 11.3 Å². The van der Waals surface area contributed by atoms with Gasteiger partial charge in [0.15, 0.2) is 0 Å². The number of rotatable bonds is 5. The van der Waals surface area contributed by atoms with E-state index in [0.29, 0.717) is 30.0 Å². The molecule has 2 aromatic rings. The Morgan fingerprint density at radius 2 is 2.14 bits per heavy atom. The lowest BCUT2D eigenvalue weighted by atomic mass is 10.1. The largest absolute Gasteiger partial charge is 0.496 e. The minimum atomic E-state index is -0.645. The van der Waals surface area contributed by atoms with E-state index in [1.807, 2.05) is 30.5 Å². The van der Waals surface area contributed by atoms with Crippen molar-refractivity contribution in [3.63, 3.8) is 0 Å². The van der Waals surface area contributed by atoms with Crippen LogP contribution in [0.15, 0.2) is 35.1 Å². The summed E-state index contributed by atoms with van der Waals surface area (Å²) in [6.07, 6.45) is 0.714. The number of nitrogen functional groups attached to an aromatic ring is 1. The Morgan fingerprint density at radius 3 is 2.77 bits per heavy atom. The number of ether oxygens (including phenoxy) is 1. The Hall–Kier alpha value is -2.67. The van der Waals surface area contributed by atoms with Crippen LogP contribution in [0.4, 0.5) is 0 Å². The minimum absolute atomic E-state index is 0.0492. The second-order valence-corrected chi connectivity index (χ2v) is 4.65. The van der Waals surface area contributed by atoms with Gasteiger partial charge >= 0.3 is 0 Å². The minimum Gasteiger partial charge on any atom is -0.496 e. The Balaban J connectivity index is 2.68. The molecule has 0 spiro atoms. The average molecular weight is 302 g/mol. The SMILES string of the molecule is CCCn1nc(-c2ccccc2OC)cc(C(=O)NN)c1=O. The molecule has 0 unspecified atom stereocenters. The first-order valence-corrected chi connectivity index (χ1v) is 6.88. The maximum absolute atomic E-state index is 12.3. The molecule has 0 saturated carbocycles. The van der Waals surface area contributed by atoms with Gasteiger partial charge in [-0.25, -0.2) is 10.5 Å². The smallest absolute Gasteiger partial charge is 0.279 e. The van der Waals surface area contributed by atoms with Crippen LogP contribution in [0.5, 0.6) is 5.75 Å². The second-order valence-electron chi connectivity index (χ2n) is 4.65. The molecule has 22 heavy (non-hydrogen) atoms. The molecule has 3 N–H and O–H groups in total. The molecular weight excluding hydrogens is 284 g/mol. The molecule has 0 radical (unpaired) electrons. The van der Waals surface area contributed by atoms with Gasteiger partial charge in [0.05, 0.1) is 12.8 Å². The summed E-state index contributed by atoms with van der Waals surface area (Å²) >= 11 is 0. The van der Waals surface area contributed by atoms with Gasteiger partial charge in [0.25, 0.3) is 11.5 Å². The highest BCUT2D eigenvalue weighted by atomic mass is 16.5. The lowest BCUT2D eigenvalue weighted by Gasteiger charge is -2.11. The number of nitrogens with one attached hydrogen (secondary N) is 1. The van der Waals surface area contributed by atoms with Crippen molar-refractivity contribution in [3.8, 4) is 17.0 Å². The molecular formula is C15H18N4O3. The van der Waals surface area contributed by atoms with Gasteiger partial charge in [0.1, 0.15) is 11.3 Å². The quantitative estimate of drug-likeness (QED) is 0.486. The monoisotopic (exact) mass is 302 g/mol. The van der Waals surface area contributed by atoms with Gasteiger partial charge in [-0.05, 0) is 24.6 Å². The number of carbonyl (C=O) groups excluding carboxylic acids is 1. The first-order chi connectivity index (χ1) is 10.6. The molecule has 2 rings (SSSR count). The highest BCUT2D eigenvalue weighted by Gasteiger charge is 2.17. The Morgan fingerprint density at radius 1 is 1.41 bits per heavy atom. The molecule has 0 atom stereocenters. The number of nitrogens with two attached hydrogens (primary N) is 1. The summed E-state index contributed by atoms with van der Waals surface area (Å²) in [5, 5.41) is 4.32. The van der Waals surface area contributed by atoms with Crippen molar-refractivity contribution in [2.75, 3.05) is 7.11 Å². The molecule has 0 bridgehead atoms. The number of nitrogens with zero attached hydrogens (tertiary/aromatic N) is 2. The van der Waals surface area contributed by atoms with E-state index in [0.717, 1.165) is 0 Å². The van der Waals surface area contributed by atoms with Crippen LogP contribution in [0.3, 0.4) is 0 Å². The number of aryl methyl sites for hydroxylation is 1. The van der Waals surface area contributed by atoms with E-state index < -0.39 is 11.5 Å². The summed E-state index contributed by atoms with van der Waals surface area (Å²) in [6, 6.07) is 8.69. The summed E-state index contributed by atoms with van der Waals surface area (Å²) in [4.78, 5) is 24.1. The first kappa shape index (κ1) is 15.7. The van der Waals surface area contributed by atoms with Gasteiger partial charge in [-0.2, -0.15) is 5.10 Å². The molecule has 7 nitrogen and oxygen atoms in total. The van der Waals surface area contributed by atoms with E-state index in [2.05, 4.69) is 5.10 Å². The molecule has 1 aromatic heterocycles. The molecule has 0 aliphatic carbocycles. The molecule has 1 heterocycles. The number of hydrazine groups is 1. The molecule has 0 saturated heterocycles. The lowest BCUT2D eigenvalue weighted by Crippen LogP contribution is -2.37. The third-order valence-corrected chi connectivity index (χ3v) is 3.17. The summed E-state index contributed by atoms with van der Waals surface area (Å²) in [5.41, 5.74) is 2.64. The molecule has 7 heteroatoms. The summed E-state index contributed by atoms with van der Waals surface area (Å²) in [6.45, 7) is 2.33. The summed E-state index contributed by atoms with van der Waals surface area (Å²) < 4.78 is 6.57. The van der Waals surface area contributed by atoms with Gasteiger partial charge in [-0.3, -0.25) is 15.0 Å². The maximum Gasteiger partial charge on any atom is 0.279 e. The van der Waals surface area contributed by atoms with Gasteiger partial charge in [-0.1, -0.05) is 19.1 Å². The molecule has 0 aliphatic rings. The van der Waals surface area contributed by atoms with Crippen molar-refractivity contribution >= 4 is 5.91 Å².